The van der Waals surface area contributed by atoms with Gasteiger partial charge in [0, 0.05) is 6.04 Å². The molecule has 2 aromatic carbocycles. The number of halogens is 3. The minimum absolute atomic E-state index is 0.130. The molecule has 0 aliphatic carbocycles. The number of methoxy groups -OCH3 is 1. The Morgan fingerprint density at radius 2 is 1.76 bits per heavy atom. The van der Waals surface area contributed by atoms with Gasteiger partial charge in [-0.2, -0.15) is 0 Å². The molecule has 1 atom stereocenters. The molecule has 2 rings (SSSR count). The standard InChI is InChI=1S/C16H16Cl3NO/c1-20-15(8-10-3-5-12(17)13(18)7-10)11-4-6-16(21-2)14(19)9-11/h3-7,9,15,20H,8H2,1-2H3. The molecule has 0 radical (unpaired) electrons. The maximum atomic E-state index is 6.19. The number of hydrogen-bond donors (Lipinski definition) is 1. The van der Waals surface area contributed by atoms with Crippen molar-refractivity contribution in [1.82, 2.24) is 5.32 Å². The van der Waals surface area contributed by atoms with E-state index in [0.29, 0.717) is 20.8 Å². The summed E-state index contributed by atoms with van der Waals surface area (Å²) >= 11 is 18.2. The lowest BCUT2D eigenvalue weighted by Crippen LogP contribution is -2.18. The molecule has 0 saturated carbocycles. The van der Waals surface area contributed by atoms with Crippen LogP contribution in [-0.4, -0.2) is 14.2 Å². The normalized spacial score (nSPS) is 12.2. The first-order chi connectivity index (χ1) is 10.0. The minimum Gasteiger partial charge on any atom is -0.495 e. The molecule has 0 aromatic heterocycles. The molecule has 0 fully saturated rings. The van der Waals surface area contributed by atoms with Crippen LogP contribution in [0.4, 0.5) is 0 Å². The van der Waals surface area contributed by atoms with Crippen molar-refractivity contribution in [3.05, 3.63) is 62.6 Å². The molecule has 0 amide bonds. The largest absolute Gasteiger partial charge is 0.495 e. The van der Waals surface area contributed by atoms with Gasteiger partial charge in [-0.25, -0.2) is 0 Å². The van der Waals surface area contributed by atoms with Gasteiger partial charge in [0.15, 0.2) is 0 Å². The topological polar surface area (TPSA) is 21.3 Å². The van der Waals surface area contributed by atoms with Gasteiger partial charge in [-0.15, -0.1) is 0 Å². The van der Waals surface area contributed by atoms with E-state index >= 15 is 0 Å². The van der Waals surface area contributed by atoms with Crippen LogP contribution >= 0.6 is 34.8 Å². The van der Waals surface area contributed by atoms with E-state index in [1.54, 1.807) is 7.11 Å². The van der Waals surface area contributed by atoms with Crippen molar-refractivity contribution in [3.8, 4) is 5.75 Å². The number of likely N-dealkylation sites (N-methyl/N-ethyl adjacent to an activating group) is 1. The van der Waals surface area contributed by atoms with Crippen LogP contribution in [0.25, 0.3) is 0 Å². The van der Waals surface area contributed by atoms with Crippen molar-refractivity contribution in [2.75, 3.05) is 14.2 Å². The van der Waals surface area contributed by atoms with E-state index in [4.69, 9.17) is 39.5 Å². The average Bonchev–Trinajstić information content (AvgIpc) is 2.48. The zero-order valence-electron chi connectivity index (χ0n) is 11.8. The number of benzene rings is 2. The van der Waals surface area contributed by atoms with E-state index < -0.39 is 0 Å². The Hall–Kier alpha value is -0.930. The Balaban J connectivity index is 2.23. The molecule has 0 aliphatic heterocycles. The highest BCUT2D eigenvalue weighted by Crippen LogP contribution is 2.30. The number of ether oxygens (including phenoxy) is 1. The van der Waals surface area contributed by atoms with Crippen LogP contribution in [0.15, 0.2) is 36.4 Å². The summed E-state index contributed by atoms with van der Waals surface area (Å²) in [6, 6.07) is 11.6. The molecule has 1 unspecified atom stereocenters. The summed E-state index contributed by atoms with van der Waals surface area (Å²) in [7, 11) is 3.52. The predicted octanol–water partition coefficient (Wildman–Crippen LogP) is 5.16. The van der Waals surface area contributed by atoms with Crippen LogP contribution in [-0.2, 0) is 6.42 Å². The first-order valence-corrected chi connectivity index (χ1v) is 7.63. The van der Waals surface area contributed by atoms with Crippen LogP contribution in [0, 0.1) is 0 Å². The highest BCUT2D eigenvalue weighted by atomic mass is 35.5. The summed E-state index contributed by atoms with van der Waals surface area (Å²) in [6.07, 6.45) is 0.788. The maximum absolute atomic E-state index is 6.19. The lowest BCUT2D eigenvalue weighted by Gasteiger charge is -2.18. The molecule has 0 heterocycles. The second-order valence-corrected chi connectivity index (χ2v) is 5.91. The number of nitrogens with one attached hydrogen (secondary N) is 1. The van der Waals surface area contributed by atoms with Crippen molar-refractivity contribution in [1.29, 1.82) is 0 Å². The fourth-order valence-corrected chi connectivity index (χ4v) is 2.78. The van der Waals surface area contributed by atoms with Gasteiger partial charge in [-0.05, 0) is 48.9 Å². The fraction of sp³-hybridized carbons (Fsp3) is 0.250. The van der Waals surface area contributed by atoms with Crippen LogP contribution < -0.4 is 10.1 Å². The SMILES string of the molecule is CNC(Cc1ccc(Cl)c(Cl)c1)c1ccc(OC)c(Cl)c1. The Morgan fingerprint density at radius 1 is 1.00 bits per heavy atom. The third kappa shape index (κ3) is 4.04. The summed E-state index contributed by atoms with van der Waals surface area (Å²) < 4.78 is 5.18. The smallest absolute Gasteiger partial charge is 0.137 e. The highest BCUT2D eigenvalue weighted by Gasteiger charge is 2.13. The lowest BCUT2D eigenvalue weighted by molar-refractivity contribution is 0.414. The zero-order chi connectivity index (χ0) is 15.4. The van der Waals surface area contributed by atoms with Crippen LogP contribution in [0.3, 0.4) is 0 Å². The fourth-order valence-electron chi connectivity index (χ4n) is 2.19. The van der Waals surface area contributed by atoms with E-state index in [-0.39, 0.29) is 6.04 Å². The molecule has 21 heavy (non-hydrogen) atoms. The van der Waals surface area contributed by atoms with Crippen LogP contribution in [0.5, 0.6) is 5.75 Å². The maximum Gasteiger partial charge on any atom is 0.137 e. The van der Waals surface area contributed by atoms with Gasteiger partial charge in [0.05, 0.1) is 22.2 Å². The third-order valence-electron chi connectivity index (χ3n) is 3.35. The predicted molar refractivity (Wildman–Crippen MR) is 90.0 cm³/mol. The Bertz CT molecular complexity index is 631. The Kier molecular flexibility index (Phi) is 5.77. The molecule has 5 heteroatoms. The molecule has 1 N–H and O–H groups in total. The third-order valence-corrected chi connectivity index (χ3v) is 4.38. The summed E-state index contributed by atoms with van der Waals surface area (Å²) in [5.41, 5.74) is 2.20. The molecule has 0 bridgehead atoms. The average molecular weight is 345 g/mol. The molecule has 2 aromatic rings. The minimum atomic E-state index is 0.130. The van der Waals surface area contributed by atoms with E-state index in [2.05, 4.69) is 5.32 Å². The highest BCUT2D eigenvalue weighted by molar-refractivity contribution is 6.42. The van der Waals surface area contributed by atoms with E-state index in [0.717, 1.165) is 17.5 Å². The molecular formula is C16H16Cl3NO. The molecule has 0 saturated heterocycles. The second kappa shape index (κ2) is 7.37. The lowest BCUT2D eigenvalue weighted by atomic mass is 9.99. The van der Waals surface area contributed by atoms with Crippen molar-refractivity contribution in [2.45, 2.75) is 12.5 Å². The molecule has 0 aliphatic rings. The van der Waals surface area contributed by atoms with Gasteiger partial charge in [0.25, 0.3) is 0 Å². The van der Waals surface area contributed by atoms with Crippen molar-refractivity contribution in [3.63, 3.8) is 0 Å². The summed E-state index contributed by atoms with van der Waals surface area (Å²) in [4.78, 5) is 0. The summed E-state index contributed by atoms with van der Waals surface area (Å²) in [5, 5.41) is 5.02. The zero-order valence-corrected chi connectivity index (χ0v) is 14.1. The quantitative estimate of drug-likeness (QED) is 0.809. The van der Waals surface area contributed by atoms with Gasteiger partial charge in [0.2, 0.25) is 0 Å². The van der Waals surface area contributed by atoms with Gasteiger partial charge in [0.1, 0.15) is 5.75 Å². The summed E-state index contributed by atoms with van der Waals surface area (Å²) in [6.45, 7) is 0. The molecular weight excluding hydrogens is 329 g/mol. The van der Waals surface area contributed by atoms with Crippen molar-refractivity contribution >= 4 is 34.8 Å². The van der Waals surface area contributed by atoms with Gasteiger partial charge < -0.3 is 10.1 Å². The number of hydrogen-bond acceptors (Lipinski definition) is 2. The first kappa shape index (κ1) is 16.4. The van der Waals surface area contributed by atoms with E-state index in [1.807, 2.05) is 43.4 Å². The van der Waals surface area contributed by atoms with Gasteiger partial charge >= 0.3 is 0 Å². The monoisotopic (exact) mass is 343 g/mol. The van der Waals surface area contributed by atoms with Gasteiger partial charge in [-0.3, -0.25) is 0 Å². The van der Waals surface area contributed by atoms with Crippen molar-refractivity contribution < 1.29 is 4.74 Å². The van der Waals surface area contributed by atoms with Crippen LogP contribution in [0.2, 0.25) is 15.1 Å². The van der Waals surface area contributed by atoms with E-state index in [9.17, 15) is 0 Å². The van der Waals surface area contributed by atoms with Gasteiger partial charge in [-0.1, -0.05) is 46.9 Å². The second-order valence-electron chi connectivity index (χ2n) is 4.69. The van der Waals surface area contributed by atoms with Crippen molar-refractivity contribution in [2.24, 2.45) is 0 Å². The Labute approximate surface area is 140 Å². The number of rotatable bonds is 5. The molecule has 0 spiro atoms. The molecule has 112 valence electrons. The first-order valence-electron chi connectivity index (χ1n) is 6.49. The van der Waals surface area contributed by atoms with Crippen LogP contribution in [0.1, 0.15) is 17.2 Å². The van der Waals surface area contributed by atoms with E-state index in [1.165, 1.54) is 0 Å². The Morgan fingerprint density at radius 3 is 2.33 bits per heavy atom. The molecule has 2 nitrogen and oxygen atoms in total. The summed E-state index contributed by atoms with van der Waals surface area (Å²) in [5.74, 6) is 0.671.